The van der Waals surface area contributed by atoms with E-state index in [0.717, 1.165) is 11.1 Å². The first-order chi connectivity index (χ1) is 20.0. The van der Waals surface area contributed by atoms with Gasteiger partial charge in [0, 0.05) is 40.6 Å². The van der Waals surface area contributed by atoms with Crippen LogP contribution >= 0.6 is 11.6 Å². The maximum Gasteiger partial charge on any atom is 0.280 e. The number of ether oxygens (including phenoxy) is 1. The molecular weight excluding hydrogens is 554 g/mol. The van der Waals surface area contributed by atoms with E-state index < -0.39 is 11.4 Å². The van der Waals surface area contributed by atoms with Crippen LogP contribution in [0.4, 0.5) is 11.4 Å². The average Bonchev–Trinajstić information content (AvgIpc) is 3.57. The summed E-state index contributed by atoms with van der Waals surface area (Å²) in [5.41, 5.74) is 3.50. The van der Waals surface area contributed by atoms with Crippen LogP contribution in [-0.4, -0.2) is 41.4 Å². The second kappa shape index (κ2) is 9.73. The Bertz CT molecular complexity index is 1830. The van der Waals surface area contributed by atoms with Crippen molar-refractivity contribution in [2.75, 3.05) is 24.4 Å². The van der Waals surface area contributed by atoms with Gasteiger partial charge in [-0.15, -0.1) is 0 Å². The van der Waals surface area contributed by atoms with E-state index in [1.807, 2.05) is 50.5 Å². The minimum Gasteiger partial charge on any atom is -0.496 e. The minimum atomic E-state index is -1.56. The van der Waals surface area contributed by atoms with Crippen molar-refractivity contribution in [2.24, 2.45) is 0 Å². The van der Waals surface area contributed by atoms with E-state index in [1.54, 1.807) is 48.3 Å². The van der Waals surface area contributed by atoms with Crippen molar-refractivity contribution in [2.45, 2.75) is 39.3 Å². The van der Waals surface area contributed by atoms with Crippen molar-refractivity contribution in [1.82, 2.24) is 14.9 Å². The molecule has 2 N–H and O–H groups in total. The highest BCUT2D eigenvalue weighted by Gasteiger charge is 2.64. The molecule has 0 bridgehead atoms. The van der Waals surface area contributed by atoms with E-state index in [-0.39, 0.29) is 23.6 Å². The predicted octanol–water partition coefficient (Wildman–Crippen LogP) is 5.63. The van der Waals surface area contributed by atoms with Gasteiger partial charge in [0.15, 0.2) is 11.2 Å². The topological polar surface area (TPSA) is 106 Å². The standard InChI is InChI=1S/C32H30ClN5O4/c1-16(2)37-27-26(36-28(37)21-14-19(29(39)34-5)9-12-25(21)42-6)30(40)38(24-13-17(3)7-8-18(24)4)32(27)22-11-10-20(33)15-23(22)35-31(32)41/h7-16H,1-6H3,(H,34,39)(H,35,41). The van der Waals surface area contributed by atoms with Crippen LogP contribution in [0.1, 0.15) is 63.1 Å². The minimum absolute atomic E-state index is 0.157. The third-order valence-electron chi connectivity index (χ3n) is 7.99. The molecule has 6 rings (SSSR count). The molecule has 4 aromatic rings. The van der Waals surface area contributed by atoms with Crippen molar-refractivity contribution >= 4 is 40.7 Å². The van der Waals surface area contributed by atoms with Crippen molar-refractivity contribution in [3.63, 3.8) is 0 Å². The number of amides is 3. The molecule has 0 saturated carbocycles. The second-order valence-electron chi connectivity index (χ2n) is 10.9. The Labute approximate surface area is 248 Å². The number of nitrogens with zero attached hydrogens (tertiary/aromatic N) is 3. The fourth-order valence-electron chi connectivity index (χ4n) is 6.13. The van der Waals surface area contributed by atoms with Crippen LogP contribution in [0.15, 0.2) is 54.6 Å². The predicted molar refractivity (Wildman–Crippen MR) is 162 cm³/mol. The van der Waals surface area contributed by atoms with E-state index in [2.05, 4.69) is 10.6 Å². The van der Waals surface area contributed by atoms with Gasteiger partial charge in [0.25, 0.3) is 17.7 Å². The molecule has 0 saturated heterocycles. The average molecular weight is 584 g/mol. The van der Waals surface area contributed by atoms with Crippen LogP contribution in [0.25, 0.3) is 11.4 Å². The van der Waals surface area contributed by atoms with Gasteiger partial charge in [-0.05, 0) is 75.2 Å². The van der Waals surface area contributed by atoms with Gasteiger partial charge in [-0.3, -0.25) is 19.3 Å². The molecule has 0 aliphatic carbocycles. The van der Waals surface area contributed by atoms with Crippen molar-refractivity contribution in [3.05, 3.63) is 93.3 Å². The number of rotatable bonds is 5. The quantitative estimate of drug-likeness (QED) is 0.317. The summed E-state index contributed by atoms with van der Waals surface area (Å²) in [5.74, 6) is -0.167. The fraction of sp³-hybridized carbons (Fsp3) is 0.250. The number of methoxy groups -OCH3 is 1. The summed E-state index contributed by atoms with van der Waals surface area (Å²) in [6, 6.07) is 15.8. The molecule has 10 heteroatoms. The van der Waals surface area contributed by atoms with E-state index >= 15 is 0 Å². The van der Waals surface area contributed by atoms with Gasteiger partial charge in [-0.25, -0.2) is 4.98 Å². The van der Waals surface area contributed by atoms with Gasteiger partial charge < -0.3 is 19.9 Å². The highest BCUT2D eigenvalue weighted by atomic mass is 35.5. The first kappa shape index (κ1) is 27.5. The number of halogens is 1. The molecule has 1 spiro atoms. The zero-order chi connectivity index (χ0) is 30.1. The lowest BCUT2D eigenvalue weighted by atomic mass is 9.86. The zero-order valence-electron chi connectivity index (χ0n) is 24.1. The van der Waals surface area contributed by atoms with Crippen LogP contribution in [-0.2, 0) is 10.3 Å². The van der Waals surface area contributed by atoms with E-state index in [9.17, 15) is 14.4 Å². The Hall–Kier alpha value is -4.63. The number of hydrogen-bond acceptors (Lipinski definition) is 5. The number of aromatic nitrogens is 2. The molecule has 0 radical (unpaired) electrons. The van der Waals surface area contributed by atoms with E-state index in [1.165, 1.54) is 7.11 Å². The molecule has 1 unspecified atom stereocenters. The Morgan fingerprint density at radius 3 is 2.52 bits per heavy atom. The van der Waals surface area contributed by atoms with Crippen LogP contribution in [0.3, 0.4) is 0 Å². The Kier molecular flexibility index (Phi) is 6.38. The summed E-state index contributed by atoms with van der Waals surface area (Å²) in [6.45, 7) is 7.80. The molecule has 0 fully saturated rings. The maximum atomic E-state index is 14.6. The molecule has 9 nitrogen and oxygen atoms in total. The Morgan fingerprint density at radius 1 is 1.07 bits per heavy atom. The lowest BCUT2D eigenvalue weighted by Crippen LogP contribution is -2.51. The van der Waals surface area contributed by atoms with Gasteiger partial charge >= 0.3 is 0 Å². The molecule has 2 aliphatic rings. The lowest BCUT2D eigenvalue weighted by molar-refractivity contribution is -0.119. The first-order valence-electron chi connectivity index (χ1n) is 13.6. The van der Waals surface area contributed by atoms with E-state index in [4.69, 9.17) is 21.3 Å². The monoisotopic (exact) mass is 583 g/mol. The third kappa shape index (κ3) is 3.69. The Morgan fingerprint density at radius 2 is 1.83 bits per heavy atom. The van der Waals surface area contributed by atoms with Gasteiger partial charge in [-0.2, -0.15) is 0 Å². The number of anilines is 2. The first-order valence-corrected chi connectivity index (χ1v) is 14.0. The lowest BCUT2D eigenvalue weighted by Gasteiger charge is -2.36. The van der Waals surface area contributed by atoms with Gasteiger partial charge in [0.2, 0.25) is 0 Å². The molecule has 3 aromatic carbocycles. The number of hydrogen-bond donors (Lipinski definition) is 2. The smallest absolute Gasteiger partial charge is 0.280 e. The number of imidazole rings is 1. The van der Waals surface area contributed by atoms with Crippen LogP contribution in [0, 0.1) is 13.8 Å². The summed E-state index contributed by atoms with van der Waals surface area (Å²) in [6.07, 6.45) is 0. The van der Waals surface area contributed by atoms with Crippen molar-refractivity contribution in [1.29, 1.82) is 0 Å². The molecular formula is C32H30ClN5O4. The largest absolute Gasteiger partial charge is 0.496 e. The number of carbonyl (C=O) groups is 3. The molecule has 3 heterocycles. The summed E-state index contributed by atoms with van der Waals surface area (Å²) >= 11 is 6.35. The number of nitrogens with one attached hydrogen (secondary N) is 2. The van der Waals surface area contributed by atoms with E-state index in [0.29, 0.717) is 50.4 Å². The summed E-state index contributed by atoms with van der Waals surface area (Å²) in [5, 5.41) is 6.10. The van der Waals surface area contributed by atoms with Gasteiger partial charge in [-0.1, -0.05) is 29.8 Å². The molecule has 2 aliphatic heterocycles. The molecule has 42 heavy (non-hydrogen) atoms. The van der Waals surface area contributed by atoms with Crippen LogP contribution in [0.5, 0.6) is 5.75 Å². The second-order valence-corrected chi connectivity index (χ2v) is 11.3. The van der Waals surface area contributed by atoms with Crippen LogP contribution in [0.2, 0.25) is 5.02 Å². The molecule has 1 aromatic heterocycles. The molecule has 3 amide bonds. The Balaban J connectivity index is 1.73. The number of benzene rings is 3. The highest BCUT2D eigenvalue weighted by Crippen LogP contribution is 2.55. The number of carbonyl (C=O) groups excluding carboxylic acids is 3. The van der Waals surface area contributed by atoms with Crippen molar-refractivity contribution in [3.8, 4) is 17.1 Å². The number of fused-ring (bicyclic) bond motifs is 4. The zero-order valence-corrected chi connectivity index (χ0v) is 24.9. The maximum absolute atomic E-state index is 14.6. The van der Waals surface area contributed by atoms with Gasteiger partial charge in [0.1, 0.15) is 11.6 Å². The SMILES string of the molecule is CNC(=O)c1ccc(OC)c(-c2nc3c(n2C(C)C)C2(C(=O)Nc4cc(Cl)ccc42)N(c2cc(C)ccc2C)C3=O)c1. The summed E-state index contributed by atoms with van der Waals surface area (Å²) < 4.78 is 7.59. The summed E-state index contributed by atoms with van der Waals surface area (Å²) in [4.78, 5) is 48.1. The fourth-order valence-corrected chi connectivity index (χ4v) is 6.30. The number of aryl methyl sites for hydroxylation is 2. The van der Waals surface area contributed by atoms with Crippen LogP contribution < -0.4 is 20.3 Å². The molecule has 1 atom stereocenters. The van der Waals surface area contributed by atoms with Gasteiger partial charge in [0.05, 0.1) is 18.4 Å². The highest BCUT2D eigenvalue weighted by molar-refractivity contribution is 6.31. The van der Waals surface area contributed by atoms with Crippen molar-refractivity contribution < 1.29 is 19.1 Å². The normalized spacial score (nSPS) is 17.1. The third-order valence-corrected chi connectivity index (χ3v) is 8.23. The molecule has 214 valence electrons. The summed E-state index contributed by atoms with van der Waals surface area (Å²) in [7, 11) is 3.09.